The summed E-state index contributed by atoms with van der Waals surface area (Å²) in [5.41, 5.74) is 0.331. The third kappa shape index (κ3) is 4.62. The zero-order chi connectivity index (χ0) is 21.7. The highest BCUT2D eigenvalue weighted by Gasteiger charge is 2.36. The molecule has 1 aromatic carbocycles. The lowest BCUT2D eigenvalue weighted by Gasteiger charge is -2.25. The maximum atomic E-state index is 12.8. The second-order valence-corrected chi connectivity index (χ2v) is 7.00. The van der Waals surface area contributed by atoms with Gasteiger partial charge in [-0.2, -0.15) is 0 Å². The molecule has 1 aliphatic heterocycles. The van der Waals surface area contributed by atoms with Crippen LogP contribution in [-0.2, 0) is 16.1 Å². The van der Waals surface area contributed by atoms with Crippen LogP contribution in [0.3, 0.4) is 0 Å². The van der Waals surface area contributed by atoms with Gasteiger partial charge in [-0.05, 0) is 58.8 Å². The van der Waals surface area contributed by atoms with Crippen molar-refractivity contribution in [3.8, 4) is 11.5 Å². The summed E-state index contributed by atoms with van der Waals surface area (Å²) in [7, 11) is 0. The highest BCUT2D eigenvalue weighted by molar-refractivity contribution is 9.10. The molecule has 0 atom stereocenters. The fourth-order valence-electron chi connectivity index (χ4n) is 2.78. The normalized spacial score (nSPS) is 15.3. The number of halogens is 1. The molecule has 0 spiro atoms. The van der Waals surface area contributed by atoms with E-state index in [1.54, 1.807) is 30.3 Å². The van der Waals surface area contributed by atoms with Gasteiger partial charge in [0.25, 0.3) is 11.8 Å². The molecule has 1 N–H and O–H groups in total. The van der Waals surface area contributed by atoms with Crippen LogP contribution in [0.15, 0.2) is 57.6 Å². The number of furan rings is 1. The van der Waals surface area contributed by atoms with Crippen LogP contribution in [0.2, 0.25) is 0 Å². The number of carbonyl (C=O) groups is 3. The van der Waals surface area contributed by atoms with Crippen molar-refractivity contribution in [2.75, 3.05) is 13.2 Å². The van der Waals surface area contributed by atoms with Crippen molar-refractivity contribution in [3.05, 3.63) is 64.6 Å². The van der Waals surface area contributed by atoms with E-state index >= 15 is 0 Å². The van der Waals surface area contributed by atoms with Crippen LogP contribution in [0, 0.1) is 0 Å². The Balaban J connectivity index is 1.95. The van der Waals surface area contributed by atoms with Gasteiger partial charge in [0, 0.05) is 0 Å². The Bertz CT molecular complexity index is 1010. The predicted octanol–water partition coefficient (Wildman–Crippen LogP) is 3.67. The van der Waals surface area contributed by atoms with Gasteiger partial charge in [-0.1, -0.05) is 12.7 Å². The van der Waals surface area contributed by atoms with Crippen LogP contribution in [0.5, 0.6) is 11.5 Å². The van der Waals surface area contributed by atoms with Gasteiger partial charge >= 0.3 is 6.03 Å². The smallest absolute Gasteiger partial charge is 0.331 e. The van der Waals surface area contributed by atoms with Gasteiger partial charge in [-0.25, -0.2) is 4.79 Å². The average molecular weight is 475 g/mol. The first kappa shape index (κ1) is 21.4. The molecule has 8 nitrogen and oxygen atoms in total. The standard InChI is InChI=1S/C21H19BrN2O6/c1-3-7-30-18-16(22)10-13(11-17(18)28-4-2)9-15-19(25)23-21(27)24(20(15)26)12-14-6-5-8-29-14/h3,5-6,8-11H,1,4,7,12H2,2H3,(H,23,25,27). The van der Waals surface area contributed by atoms with Crippen molar-refractivity contribution < 1.29 is 28.3 Å². The van der Waals surface area contributed by atoms with E-state index in [-0.39, 0.29) is 18.7 Å². The van der Waals surface area contributed by atoms with E-state index in [2.05, 4.69) is 27.8 Å². The minimum atomic E-state index is -0.803. The fraction of sp³-hybridized carbons (Fsp3) is 0.190. The lowest BCUT2D eigenvalue weighted by Crippen LogP contribution is -2.53. The molecule has 0 radical (unpaired) electrons. The minimum absolute atomic E-state index is 0.0927. The predicted molar refractivity (Wildman–Crippen MR) is 112 cm³/mol. The quantitative estimate of drug-likeness (QED) is 0.356. The van der Waals surface area contributed by atoms with Crippen molar-refractivity contribution >= 4 is 39.9 Å². The number of amides is 4. The second kappa shape index (κ2) is 9.45. The van der Waals surface area contributed by atoms with E-state index < -0.39 is 17.8 Å². The molecule has 1 aliphatic rings. The van der Waals surface area contributed by atoms with Crippen molar-refractivity contribution in [1.82, 2.24) is 10.2 Å². The van der Waals surface area contributed by atoms with Gasteiger partial charge in [0.1, 0.15) is 17.9 Å². The number of nitrogens with zero attached hydrogens (tertiary/aromatic N) is 1. The molecule has 156 valence electrons. The molecule has 1 fully saturated rings. The van der Waals surface area contributed by atoms with Crippen LogP contribution in [0.25, 0.3) is 6.08 Å². The Morgan fingerprint density at radius 3 is 2.73 bits per heavy atom. The molecule has 3 rings (SSSR count). The summed E-state index contributed by atoms with van der Waals surface area (Å²) in [4.78, 5) is 38.2. The zero-order valence-electron chi connectivity index (χ0n) is 16.1. The Hall–Kier alpha value is -3.33. The summed E-state index contributed by atoms with van der Waals surface area (Å²) >= 11 is 3.42. The number of rotatable bonds is 8. The van der Waals surface area contributed by atoms with Crippen LogP contribution < -0.4 is 14.8 Å². The molecule has 1 aromatic heterocycles. The molecule has 30 heavy (non-hydrogen) atoms. The first-order valence-electron chi connectivity index (χ1n) is 9.05. The first-order valence-corrected chi connectivity index (χ1v) is 9.85. The van der Waals surface area contributed by atoms with Crippen molar-refractivity contribution in [1.29, 1.82) is 0 Å². The first-order chi connectivity index (χ1) is 14.4. The summed E-state index contributed by atoms with van der Waals surface area (Å²) in [5.74, 6) is -0.166. The van der Waals surface area contributed by atoms with Gasteiger partial charge in [0.2, 0.25) is 0 Å². The molecule has 0 saturated carbocycles. The maximum Gasteiger partial charge on any atom is 0.331 e. The molecule has 9 heteroatoms. The van der Waals surface area contributed by atoms with E-state index in [0.717, 1.165) is 4.90 Å². The minimum Gasteiger partial charge on any atom is -0.490 e. The Labute approximate surface area is 181 Å². The van der Waals surface area contributed by atoms with E-state index in [1.165, 1.54) is 12.3 Å². The lowest BCUT2D eigenvalue weighted by molar-refractivity contribution is -0.130. The molecule has 0 bridgehead atoms. The van der Waals surface area contributed by atoms with Gasteiger partial charge in [0.05, 0.1) is 23.9 Å². The number of benzene rings is 1. The van der Waals surface area contributed by atoms with E-state index in [1.807, 2.05) is 6.92 Å². The van der Waals surface area contributed by atoms with Gasteiger partial charge in [-0.3, -0.25) is 19.8 Å². The second-order valence-electron chi connectivity index (χ2n) is 6.15. The van der Waals surface area contributed by atoms with E-state index in [4.69, 9.17) is 13.9 Å². The number of carbonyl (C=O) groups excluding carboxylic acids is 3. The van der Waals surface area contributed by atoms with Crippen LogP contribution in [0.1, 0.15) is 18.2 Å². The number of hydrogen-bond donors (Lipinski definition) is 1. The topological polar surface area (TPSA) is 98.1 Å². The Morgan fingerprint density at radius 2 is 2.07 bits per heavy atom. The van der Waals surface area contributed by atoms with Gasteiger partial charge in [0.15, 0.2) is 11.5 Å². The van der Waals surface area contributed by atoms with Gasteiger partial charge < -0.3 is 13.9 Å². The summed E-state index contributed by atoms with van der Waals surface area (Å²) < 4.78 is 17.0. The number of nitrogens with one attached hydrogen (secondary N) is 1. The molecule has 0 unspecified atom stereocenters. The van der Waals surface area contributed by atoms with Crippen molar-refractivity contribution in [2.24, 2.45) is 0 Å². The third-order valence-electron chi connectivity index (χ3n) is 4.07. The Kier molecular flexibility index (Phi) is 6.73. The molecule has 1 saturated heterocycles. The van der Waals surface area contributed by atoms with Crippen molar-refractivity contribution in [3.63, 3.8) is 0 Å². The van der Waals surface area contributed by atoms with Crippen LogP contribution >= 0.6 is 15.9 Å². The summed E-state index contributed by atoms with van der Waals surface area (Å²) in [5, 5.41) is 2.17. The number of ether oxygens (including phenoxy) is 2. The van der Waals surface area contributed by atoms with E-state index in [9.17, 15) is 14.4 Å². The van der Waals surface area contributed by atoms with Crippen molar-refractivity contribution in [2.45, 2.75) is 13.5 Å². The molecule has 2 aromatic rings. The summed E-state index contributed by atoms with van der Waals surface area (Å²) in [6.07, 6.45) is 4.43. The molecule has 0 aliphatic carbocycles. The zero-order valence-corrected chi connectivity index (χ0v) is 17.7. The maximum absolute atomic E-state index is 12.8. The van der Waals surface area contributed by atoms with Crippen LogP contribution in [0.4, 0.5) is 4.79 Å². The van der Waals surface area contributed by atoms with Gasteiger partial charge in [-0.15, -0.1) is 0 Å². The Morgan fingerprint density at radius 1 is 1.27 bits per heavy atom. The highest BCUT2D eigenvalue weighted by Crippen LogP contribution is 2.37. The highest BCUT2D eigenvalue weighted by atomic mass is 79.9. The van der Waals surface area contributed by atoms with Crippen LogP contribution in [-0.4, -0.2) is 36.0 Å². The average Bonchev–Trinajstić information content (AvgIpc) is 3.21. The van der Waals surface area contributed by atoms with E-state index in [0.29, 0.717) is 33.9 Å². The number of imide groups is 2. The largest absolute Gasteiger partial charge is 0.490 e. The molecule has 2 heterocycles. The molecular formula is C21H19BrN2O6. The number of urea groups is 1. The molecular weight excluding hydrogens is 456 g/mol. The fourth-order valence-corrected chi connectivity index (χ4v) is 3.35. The summed E-state index contributed by atoms with van der Waals surface area (Å²) in [6.45, 7) is 6.03. The monoisotopic (exact) mass is 474 g/mol. The SMILES string of the molecule is C=CCOc1c(Br)cc(C=C2C(=O)NC(=O)N(Cc3ccco3)C2=O)cc1OCC. The third-order valence-corrected chi connectivity index (χ3v) is 4.66. The number of hydrogen-bond acceptors (Lipinski definition) is 6. The summed E-state index contributed by atoms with van der Waals surface area (Å²) in [6, 6.07) is 5.80. The molecule has 4 amide bonds. The number of barbiturate groups is 1. The lowest BCUT2D eigenvalue weighted by atomic mass is 10.1.